The molecule has 4 N–H and O–H groups in total. The summed E-state index contributed by atoms with van der Waals surface area (Å²) in [6.07, 6.45) is 0. The predicted molar refractivity (Wildman–Crippen MR) is 59.6 cm³/mol. The van der Waals surface area contributed by atoms with Gasteiger partial charge in [0, 0.05) is 5.02 Å². The van der Waals surface area contributed by atoms with Crippen molar-refractivity contribution in [2.45, 2.75) is 4.90 Å². The second kappa shape index (κ2) is 4.76. The van der Waals surface area contributed by atoms with Gasteiger partial charge in [-0.25, -0.2) is 0 Å². The van der Waals surface area contributed by atoms with Gasteiger partial charge < -0.3 is 5.43 Å². The van der Waals surface area contributed by atoms with Crippen LogP contribution in [0.4, 0.5) is 5.69 Å². The third-order valence-corrected chi connectivity index (χ3v) is 3.02. The normalized spacial score (nSPS) is 12.4. The maximum Gasteiger partial charge on any atom is 0.350 e. The van der Waals surface area contributed by atoms with Crippen molar-refractivity contribution in [2.75, 3.05) is 5.43 Å². The lowest BCUT2D eigenvalue weighted by Gasteiger charge is -2.09. The molecule has 0 aliphatic carbocycles. The Kier molecular flexibility index (Phi) is 3.96. The first-order valence-corrected chi connectivity index (χ1v) is 7.13. The van der Waals surface area contributed by atoms with Crippen molar-refractivity contribution in [2.24, 2.45) is 0 Å². The van der Waals surface area contributed by atoms with Crippen molar-refractivity contribution < 1.29 is 25.9 Å². The van der Waals surface area contributed by atoms with Gasteiger partial charge in [-0.3, -0.25) is 9.11 Å². The highest BCUT2D eigenvalue weighted by Crippen LogP contribution is 2.24. The minimum Gasteiger partial charge on any atom is -0.305 e. The third kappa shape index (κ3) is 4.46. The van der Waals surface area contributed by atoms with E-state index in [1.807, 2.05) is 5.43 Å². The van der Waals surface area contributed by atoms with Gasteiger partial charge in [0.1, 0.15) is 4.90 Å². The zero-order valence-corrected chi connectivity index (χ0v) is 10.3. The molecule has 0 amide bonds. The Hall–Kier alpha value is -0.910. The molecule has 0 heterocycles. The molecule has 1 aromatic rings. The molecule has 0 saturated heterocycles. The van der Waals surface area contributed by atoms with Gasteiger partial charge in [-0.05, 0) is 18.2 Å². The number of rotatable bonds is 4. The Morgan fingerprint density at radius 3 is 2.18 bits per heavy atom. The summed E-state index contributed by atoms with van der Waals surface area (Å²) in [5.74, 6) is 0. The average molecular weight is 303 g/mol. The fourth-order valence-electron chi connectivity index (χ4n) is 0.932. The van der Waals surface area contributed by atoms with Gasteiger partial charge in [0.25, 0.3) is 10.1 Å². The van der Waals surface area contributed by atoms with Crippen molar-refractivity contribution in [1.29, 1.82) is 0 Å². The lowest BCUT2D eigenvalue weighted by molar-refractivity contribution is 0.471. The molecule has 0 aromatic heterocycles. The molecular formula is C6H7ClN2O6S2. The van der Waals surface area contributed by atoms with Crippen LogP contribution < -0.4 is 10.3 Å². The summed E-state index contributed by atoms with van der Waals surface area (Å²) in [5.41, 5.74) is 1.60. The summed E-state index contributed by atoms with van der Waals surface area (Å²) in [7, 11) is -9.15. The smallest absolute Gasteiger partial charge is 0.305 e. The maximum absolute atomic E-state index is 10.9. The summed E-state index contributed by atoms with van der Waals surface area (Å²) in [5, 5.41) is 0.0232. The molecule has 17 heavy (non-hydrogen) atoms. The first-order chi connectivity index (χ1) is 7.59. The quantitative estimate of drug-likeness (QED) is 0.464. The number of hydrazine groups is 1. The van der Waals surface area contributed by atoms with Crippen LogP contribution in [0.15, 0.2) is 23.1 Å². The van der Waals surface area contributed by atoms with Gasteiger partial charge in [0.05, 0.1) is 5.69 Å². The summed E-state index contributed by atoms with van der Waals surface area (Å²) in [4.78, 5) is 0.791. The topological polar surface area (TPSA) is 133 Å². The molecule has 0 bridgehead atoms. The van der Waals surface area contributed by atoms with E-state index in [0.29, 0.717) is 0 Å². The molecule has 0 radical (unpaired) electrons. The lowest BCUT2D eigenvalue weighted by Crippen LogP contribution is -2.29. The Morgan fingerprint density at radius 1 is 1.12 bits per heavy atom. The van der Waals surface area contributed by atoms with Crippen LogP contribution in [-0.4, -0.2) is 25.9 Å². The van der Waals surface area contributed by atoms with Gasteiger partial charge in [0.2, 0.25) is 0 Å². The SMILES string of the molecule is O=S(=O)(O)NNc1ccc(Cl)cc1S(=O)(=O)O. The number of benzene rings is 1. The fraction of sp³-hybridized carbons (Fsp3) is 0. The Bertz CT molecular complexity index is 626. The molecule has 0 spiro atoms. The van der Waals surface area contributed by atoms with Crippen LogP contribution in [0.1, 0.15) is 0 Å². The van der Waals surface area contributed by atoms with Crippen molar-refractivity contribution in [3.8, 4) is 0 Å². The van der Waals surface area contributed by atoms with Gasteiger partial charge >= 0.3 is 10.3 Å². The van der Waals surface area contributed by atoms with Crippen molar-refractivity contribution in [3.05, 3.63) is 23.2 Å². The molecule has 0 fully saturated rings. The van der Waals surface area contributed by atoms with Crippen LogP contribution >= 0.6 is 11.6 Å². The van der Waals surface area contributed by atoms with E-state index < -0.39 is 25.3 Å². The number of hydrogen-bond acceptors (Lipinski definition) is 5. The van der Waals surface area contributed by atoms with E-state index in [1.54, 1.807) is 0 Å². The molecular weight excluding hydrogens is 296 g/mol. The first kappa shape index (κ1) is 14.2. The monoisotopic (exact) mass is 302 g/mol. The number of nitrogens with one attached hydrogen (secondary N) is 2. The largest absolute Gasteiger partial charge is 0.350 e. The van der Waals surface area contributed by atoms with E-state index >= 15 is 0 Å². The highest BCUT2D eigenvalue weighted by molar-refractivity contribution is 7.86. The molecule has 8 nitrogen and oxygen atoms in total. The summed E-state index contributed by atoms with van der Waals surface area (Å²) >= 11 is 5.52. The van der Waals surface area contributed by atoms with Crippen molar-refractivity contribution in [3.63, 3.8) is 0 Å². The van der Waals surface area contributed by atoms with E-state index in [1.165, 1.54) is 10.9 Å². The van der Waals surface area contributed by atoms with Gasteiger partial charge in [-0.15, -0.1) is 4.83 Å². The zero-order valence-electron chi connectivity index (χ0n) is 7.95. The van der Waals surface area contributed by atoms with E-state index in [0.717, 1.165) is 12.1 Å². The molecule has 0 aliphatic heterocycles. The van der Waals surface area contributed by atoms with Crippen LogP contribution in [0.5, 0.6) is 0 Å². The van der Waals surface area contributed by atoms with Gasteiger partial charge in [0.15, 0.2) is 0 Å². The van der Waals surface area contributed by atoms with Crippen molar-refractivity contribution in [1.82, 2.24) is 4.83 Å². The standard InChI is InChI=1S/C6H7ClN2O6S2/c7-4-1-2-5(8-9-17(13,14)15)6(3-4)16(10,11)12/h1-3,8-9H,(H,10,11,12)(H,13,14,15). The van der Waals surface area contributed by atoms with E-state index in [4.69, 9.17) is 20.7 Å². The highest BCUT2D eigenvalue weighted by Gasteiger charge is 2.17. The summed E-state index contributed by atoms with van der Waals surface area (Å²) in [6.45, 7) is 0. The van der Waals surface area contributed by atoms with Gasteiger partial charge in [-0.2, -0.15) is 16.8 Å². The van der Waals surface area contributed by atoms with E-state index in [9.17, 15) is 16.8 Å². The molecule has 1 rings (SSSR count). The van der Waals surface area contributed by atoms with Crippen LogP contribution in [-0.2, 0) is 20.4 Å². The summed E-state index contributed by atoms with van der Waals surface area (Å²) < 4.78 is 59.9. The first-order valence-electron chi connectivity index (χ1n) is 3.87. The Labute approximate surface area is 102 Å². The van der Waals surface area contributed by atoms with E-state index in [-0.39, 0.29) is 10.7 Å². The molecule has 0 aliphatic rings. The summed E-state index contributed by atoms with van der Waals surface area (Å²) in [6, 6.07) is 3.26. The molecule has 0 atom stereocenters. The predicted octanol–water partition coefficient (Wildman–Crippen LogP) is 0.306. The maximum atomic E-state index is 10.9. The number of hydrogen-bond donors (Lipinski definition) is 4. The number of anilines is 1. The second-order valence-electron chi connectivity index (χ2n) is 2.82. The minimum atomic E-state index is -4.59. The van der Waals surface area contributed by atoms with Crippen LogP contribution in [0.2, 0.25) is 5.02 Å². The third-order valence-electron chi connectivity index (χ3n) is 1.54. The Balaban J connectivity index is 3.17. The molecule has 1 aromatic carbocycles. The lowest BCUT2D eigenvalue weighted by atomic mass is 10.3. The molecule has 96 valence electrons. The zero-order chi connectivity index (χ0) is 13.3. The average Bonchev–Trinajstić information content (AvgIpc) is 2.13. The van der Waals surface area contributed by atoms with Crippen LogP contribution in [0.3, 0.4) is 0 Å². The second-order valence-corrected chi connectivity index (χ2v) is 5.80. The minimum absolute atomic E-state index is 0.0232. The highest BCUT2D eigenvalue weighted by atomic mass is 35.5. The fourth-order valence-corrected chi connectivity index (χ4v) is 2.08. The van der Waals surface area contributed by atoms with E-state index in [2.05, 4.69) is 0 Å². The Morgan fingerprint density at radius 2 is 1.71 bits per heavy atom. The molecule has 11 heteroatoms. The van der Waals surface area contributed by atoms with Crippen LogP contribution in [0, 0.1) is 0 Å². The van der Waals surface area contributed by atoms with Crippen molar-refractivity contribution >= 4 is 37.7 Å². The van der Waals surface area contributed by atoms with Gasteiger partial charge in [-0.1, -0.05) is 11.6 Å². The number of halogens is 1. The molecule has 0 unspecified atom stereocenters. The van der Waals surface area contributed by atoms with Crippen LogP contribution in [0.25, 0.3) is 0 Å². The molecule has 0 saturated carbocycles.